The monoisotopic (exact) mass is 396 g/mol. The van der Waals surface area contributed by atoms with Gasteiger partial charge in [0.1, 0.15) is 5.52 Å². The molecule has 0 bridgehead atoms. The van der Waals surface area contributed by atoms with Gasteiger partial charge in [-0.15, -0.1) is 0 Å². The number of hydrogen-bond acceptors (Lipinski definition) is 6. The predicted octanol–water partition coefficient (Wildman–Crippen LogP) is 1.79. The Morgan fingerprint density at radius 1 is 1.38 bits per heavy atom. The summed E-state index contributed by atoms with van der Waals surface area (Å²) in [4.78, 5) is 39.1. The molecule has 0 spiro atoms. The van der Waals surface area contributed by atoms with Gasteiger partial charge in [0, 0.05) is 25.8 Å². The molecule has 1 unspecified atom stereocenters. The molecule has 3 N–H and O–H groups in total. The molecule has 1 atom stereocenters. The number of imidazole rings is 1. The van der Waals surface area contributed by atoms with Crippen LogP contribution in [0, 0.1) is 11.7 Å². The zero-order valence-electron chi connectivity index (χ0n) is 15.2. The van der Waals surface area contributed by atoms with Gasteiger partial charge < -0.3 is 19.6 Å². The lowest BCUT2D eigenvalue weighted by Gasteiger charge is -2.14. The molecule has 0 radical (unpaired) electrons. The second-order valence-electron chi connectivity index (χ2n) is 7.09. The summed E-state index contributed by atoms with van der Waals surface area (Å²) in [5.41, 5.74) is 1.55. The molecule has 0 saturated carbocycles. The fourth-order valence-corrected chi connectivity index (χ4v) is 3.60. The number of anilines is 1. The molecule has 1 aliphatic rings. The van der Waals surface area contributed by atoms with E-state index in [9.17, 15) is 14.0 Å². The Kier molecular flexibility index (Phi) is 4.04. The quantitative estimate of drug-likeness (QED) is 0.484. The molecular weight excluding hydrogens is 379 g/mol. The second kappa shape index (κ2) is 6.73. The van der Waals surface area contributed by atoms with Crippen LogP contribution < -0.4 is 15.9 Å². The lowest BCUT2D eigenvalue weighted by Crippen LogP contribution is -2.31. The van der Waals surface area contributed by atoms with E-state index in [4.69, 9.17) is 4.42 Å². The van der Waals surface area contributed by atoms with Crippen molar-refractivity contribution in [3.8, 4) is 0 Å². The number of nitrogens with zero attached hydrogens (tertiary/aromatic N) is 3. The lowest BCUT2D eigenvalue weighted by molar-refractivity contribution is 0.0948. The SMILES string of the molecule is O=C(NCC1CCN(c2nc3c(F)cccc3o2)C1)c1cnc2[nH]c(=O)[nH]c2c1. The minimum atomic E-state index is -0.408. The Bertz CT molecular complexity index is 1280. The molecule has 29 heavy (non-hydrogen) atoms. The van der Waals surface area contributed by atoms with Gasteiger partial charge in [-0.25, -0.2) is 14.2 Å². The number of halogens is 1. The molecule has 10 heteroatoms. The van der Waals surface area contributed by atoms with E-state index in [1.54, 1.807) is 18.2 Å². The minimum absolute atomic E-state index is 0.211. The number of rotatable bonds is 4. The highest BCUT2D eigenvalue weighted by Crippen LogP contribution is 2.27. The van der Waals surface area contributed by atoms with Crippen molar-refractivity contribution in [2.24, 2.45) is 5.92 Å². The lowest BCUT2D eigenvalue weighted by atomic mass is 10.1. The summed E-state index contributed by atoms with van der Waals surface area (Å²) in [6, 6.07) is 6.61. The number of aromatic amines is 2. The Balaban J connectivity index is 1.22. The average Bonchev–Trinajstić information content (AvgIpc) is 3.42. The van der Waals surface area contributed by atoms with Crippen LogP contribution in [-0.2, 0) is 0 Å². The molecule has 1 fully saturated rings. The molecule has 0 aliphatic carbocycles. The number of fused-ring (bicyclic) bond motifs is 2. The summed E-state index contributed by atoms with van der Waals surface area (Å²) >= 11 is 0. The van der Waals surface area contributed by atoms with Crippen molar-refractivity contribution in [3.63, 3.8) is 0 Å². The highest BCUT2D eigenvalue weighted by Gasteiger charge is 2.27. The van der Waals surface area contributed by atoms with Gasteiger partial charge in [-0.3, -0.25) is 9.78 Å². The van der Waals surface area contributed by atoms with E-state index < -0.39 is 5.82 Å². The summed E-state index contributed by atoms with van der Waals surface area (Å²) in [6.45, 7) is 1.84. The van der Waals surface area contributed by atoms with Crippen LogP contribution in [0.1, 0.15) is 16.8 Å². The van der Waals surface area contributed by atoms with Crippen LogP contribution in [0.3, 0.4) is 0 Å². The van der Waals surface area contributed by atoms with Gasteiger partial charge in [-0.05, 0) is 30.5 Å². The number of nitrogens with one attached hydrogen (secondary N) is 3. The molecule has 9 nitrogen and oxygen atoms in total. The van der Waals surface area contributed by atoms with E-state index in [2.05, 4.69) is 25.3 Å². The predicted molar refractivity (Wildman–Crippen MR) is 103 cm³/mol. The summed E-state index contributed by atoms with van der Waals surface area (Å²) in [6.07, 6.45) is 2.28. The van der Waals surface area contributed by atoms with Gasteiger partial charge in [0.05, 0.1) is 11.1 Å². The Morgan fingerprint density at radius 3 is 3.14 bits per heavy atom. The van der Waals surface area contributed by atoms with Crippen molar-refractivity contribution in [2.45, 2.75) is 6.42 Å². The van der Waals surface area contributed by atoms with E-state index in [1.165, 1.54) is 12.3 Å². The number of hydrogen-bond donors (Lipinski definition) is 3. The first kappa shape index (κ1) is 17.4. The van der Waals surface area contributed by atoms with Crippen molar-refractivity contribution >= 4 is 34.2 Å². The standard InChI is InChI=1S/C19H17FN6O3/c20-12-2-1-3-14-15(12)24-19(29-14)26-5-4-10(9-26)7-22-17(27)11-6-13-16(21-8-11)25-18(28)23-13/h1-3,6,8,10H,4-5,7,9H2,(H,22,27)(H2,21,23,25,28). The number of amides is 1. The molecule has 4 heterocycles. The summed E-state index contributed by atoms with van der Waals surface area (Å²) in [5.74, 6) is -0.457. The maximum atomic E-state index is 13.8. The van der Waals surface area contributed by atoms with E-state index in [-0.39, 0.29) is 23.0 Å². The maximum Gasteiger partial charge on any atom is 0.325 e. The first-order valence-corrected chi connectivity index (χ1v) is 9.23. The van der Waals surface area contributed by atoms with E-state index in [1.807, 2.05) is 4.90 Å². The second-order valence-corrected chi connectivity index (χ2v) is 7.09. The fourth-order valence-electron chi connectivity index (χ4n) is 3.60. The van der Waals surface area contributed by atoms with Crippen LogP contribution in [0.25, 0.3) is 22.3 Å². The van der Waals surface area contributed by atoms with Crippen LogP contribution in [-0.4, -0.2) is 45.5 Å². The fraction of sp³-hybridized carbons (Fsp3) is 0.263. The summed E-state index contributed by atoms with van der Waals surface area (Å²) < 4.78 is 19.5. The molecule has 1 aliphatic heterocycles. The summed E-state index contributed by atoms with van der Waals surface area (Å²) in [7, 11) is 0. The number of carbonyl (C=O) groups excluding carboxylic acids is 1. The van der Waals surface area contributed by atoms with Crippen LogP contribution in [0.2, 0.25) is 0 Å². The molecular formula is C19H17FN6O3. The van der Waals surface area contributed by atoms with Gasteiger partial charge in [0.25, 0.3) is 11.9 Å². The Labute approximate surface area is 162 Å². The molecule has 1 aromatic carbocycles. The van der Waals surface area contributed by atoms with Crippen LogP contribution in [0.5, 0.6) is 0 Å². The van der Waals surface area contributed by atoms with Gasteiger partial charge >= 0.3 is 5.69 Å². The van der Waals surface area contributed by atoms with Crippen LogP contribution >= 0.6 is 0 Å². The highest BCUT2D eigenvalue weighted by molar-refractivity contribution is 5.96. The maximum absolute atomic E-state index is 13.8. The third kappa shape index (κ3) is 3.22. The van der Waals surface area contributed by atoms with Crippen molar-refractivity contribution in [1.29, 1.82) is 0 Å². The third-order valence-electron chi connectivity index (χ3n) is 5.10. The van der Waals surface area contributed by atoms with Gasteiger partial charge in [-0.2, -0.15) is 4.98 Å². The van der Waals surface area contributed by atoms with Crippen molar-refractivity contribution < 1.29 is 13.6 Å². The number of pyridine rings is 1. The molecule has 3 aromatic heterocycles. The molecule has 148 valence electrons. The number of carbonyl (C=O) groups is 1. The number of oxazole rings is 1. The van der Waals surface area contributed by atoms with Gasteiger partial charge in [0.2, 0.25) is 0 Å². The first-order valence-electron chi connectivity index (χ1n) is 9.23. The molecule has 1 amide bonds. The normalized spacial score (nSPS) is 16.7. The Morgan fingerprint density at radius 2 is 2.28 bits per heavy atom. The van der Waals surface area contributed by atoms with Crippen molar-refractivity contribution in [3.05, 3.63) is 52.3 Å². The molecule has 4 aromatic rings. The van der Waals surface area contributed by atoms with Crippen molar-refractivity contribution in [2.75, 3.05) is 24.5 Å². The first-order chi connectivity index (χ1) is 14.1. The minimum Gasteiger partial charge on any atom is -0.423 e. The van der Waals surface area contributed by atoms with Crippen LogP contribution in [0.4, 0.5) is 10.4 Å². The topological polar surface area (TPSA) is 120 Å². The van der Waals surface area contributed by atoms with Crippen molar-refractivity contribution in [1.82, 2.24) is 25.3 Å². The van der Waals surface area contributed by atoms with E-state index in [0.29, 0.717) is 48.0 Å². The third-order valence-corrected chi connectivity index (χ3v) is 5.10. The summed E-state index contributed by atoms with van der Waals surface area (Å²) in [5, 5.41) is 2.90. The van der Waals surface area contributed by atoms with Gasteiger partial charge in [0.15, 0.2) is 17.0 Å². The van der Waals surface area contributed by atoms with E-state index >= 15 is 0 Å². The number of para-hydroxylation sites is 1. The Hall–Kier alpha value is -3.69. The van der Waals surface area contributed by atoms with E-state index in [0.717, 1.165) is 6.42 Å². The molecule has 5 rings (SSSR count). The smallest absolute Gasteiger partial charge is 0.325 e. The van der Waals surface area contributed by atoms with Gasteiger partial charge in [-0.1, -0.05) is 6.07 Å². The largest absolute Gasteiger partial charge is 0.423 e. The van der Waals surface area contributed by atoms with Crippen LogP contribution in [0.15, 0.2) is 39.7 Å². The average molecular weight is 396 g/mol. The zero-order valence-corrected chi connectivity index (χ0v) is 15.2. The number of benzene rings is 1. The number of aromatic nitrogens is 4. The molecule has 1 saturated heterocycles. The zero-order chi connectivity index (χ0) is 20.0. The highest BCUT2D eigenvalue weighted by atomic mass is 19.1. The number of H-pyrrole nitrogens is 2.